The number of anilines is 1. The molecule has 0 radical (unpaired) electrons. The molecule has 26 heavy (non-hydrogen) atoms. The van der Waals surface area contributed by atoms with E-state index in [0.29, 0.717) is 42.5 Å². The van der Waals surface area contributed by atoms with Crippen LogP contribution >= 0.6 is 0 Å². The SMILES string of the molecule is CCNC(=O)c1cc(CN(C)C2CCCCC2)c(N)c(C(=O)NCC)c1. The zero-order valence-electron chi connectivity index (χ0n) is 16.2. The van der Waals surface area contributed by atoms with Gasteiger partial charge < -0.3 is 16.4 Å². The summed E-state index contributed by atoms with van der Waals surface area (Å²) in [5.74, 6) is -0.419. The van der Waals surface area contributed by atoms with Gasteiger partial charge in [0.2, 0.25) is 0 Å². The highest BCUT2D eigenvalue weighted by atomic mass is 16.2. The van der Waals surface area contributed by atoms with Crippen LogP contribution < -0.4 is 16.4 Å². The maximum atomic E-state index is 12.4. The predicted octanol–water partition coefficient (Wildman–Crippen LogP) is 2.53. The van der Waals surface area contributed by atoms with Crippen LogP contribution in [0.3, 0.4) is 0 Å². The van der Waals surface area contributed by atoms with Gasteiger partial charge in [-0.15, -0.1) is 0 Å². The molecule has 0 aliphatic heterocycles. The van der Waals surface area contributed by atoms with Crippen LogP contribution in [0, 0.1) is 0 Å². The van der Waals surface area contributed by atoms with Gasteiger partial charge >= 0.3 is 0 Å². The highest BCUT2D eigenvalue weighted by molar-refractivity contribution is 6.03. The molecular weight excluding hydrogens is 328 g/mol. The van der Waals surface area contributed by atoms with Gasteiger partial charge in [-0.2, -0.15) is 0 Å². The minimum absolute atomic E-state index is 0.181. The van der Waals surface area contributed by atoms with Crippen molar-refractivity contribution in [1.82, 2.24) is 15.5 Å². The average molecular weight is 361 g/mol. The van der Waals surface area contributed by atoms with Gasteiger partial charge in [-0.05, 0) is 51.4 Å². The Kier molecular flexibility index (Phi) is 7.45. The normalized spacial score (nSPS) is 15.1. The topological polar surface area (TPSA) is 87.5 Å². The van der Waals surface area contributed by atoms with Crippen LogP contribution in [0.2, 0.25) is 0 Å². The Labute approximate surface area is 156 Å². The molecule has 0 aromatic heterocycles. The van der Waals surface area contributed by atoms with Crippen molar-refractivity contribution in [2.45, 2.75) is 58.5 Å². The lowest BCUT2D eigenvalue weighted by molar-refractivity contribution is 0.0955. The number of nitrogen functional groups attached to an aromatic ring is 1. The summed E-state index contributed by atoms with van der Waals surface area (Å²) >= 11 is 0. The van der Waals surface area contributed by atoms with Gasteiger partial charge in [-0.3, -0.25) is 14.5 Å². The van der Waals surface area contributed by atoms with Crippen molar-refractivity contribution in [1.29, 1.82) is 0 Å². The maximum Gasteiger partial charge on any atom is 0.253 e. The zero-order valence-corrected chi connectivity index (χ0v) is 16.2. The van der Waals surface area contributed by atoms with Crippen LogP contribution in [0.4, 0.5) is 5.69 Å². The molecular formula is C20H32N4O2. The number of hydrogen-bond donors (Lipinski definition) is 3. The van der Waals surface area contributed by atoms with E-state index in [-0.39, 0.29) is 11.8 Å². The van der Waals surface area contributed by atoms with Crippen LogP contribution in [-0.2, 0) is 6.54 Å². The fourth-order valence-corrected chi connectivity index (χ4v) is 3.60. The molecule has 1 saturated carbocycles. The summed E-state index contributed by atoms with van der Waals surface area (Å²) in [5.41, 5.74) is 8.48. The monoisotopic (exact) mass is 360 g/mol. The van der Waals surface area contributed by atoms with E-state index in [1.54, 1.807) is 6.07 Å². The molecule has 0 unspecified atom stereocenters. The van der Waals surface area contributed by atoms with Crippen molar-refractivity contribution >= 4 is 17.5 Å². The molecule has 6 heteroatoms. The molecule has 1 aliphatic carbocycles. The van der Waals surface area contributed by atoms with Crippen molar-refractivity contribution in [3.05, 3.63) is 28.8 Å². The van der Waals surface area contributed by atoms with E-state index in [9.17, 15) is 9.59 Å². The molecule has 0 heterocycles. The van der Waals surface area contributed by atoms with E-state index < -0.39 is 0 Å². The molecule has 2 rings (SSSR count). The number of nitrogens with two attached hydrogens (primary N) is 1. The Hall–Kier alpha value is -2.08. The number of rotatable bonds is 7. The Bertz CT molecular complexity index is 639. The minimum Gasteiger partial charge on any atom is -0.398 e. The molecule has 0 atom stereocenters. The van der Waals surface area contributed by atoms with Crippen molar-refractivity contribution < 1.29 is 9.59 Å². The molecule has 1 fully saturated rings. The van der Waals surface area contributed by atoms with E-state index >= 15 is 0 Å². The molecule has 1 aliphatic rings. The lowest BCUT2D eigenvalue weighted by Crippen LogP contribution is -2.33. The highest BCUT2D eigenvalue weighted by Crippen LogP contribution is 2.26. The predicted molar refractivity (Wildman–Crippen MR) is 105 cm³/mol. The Morgan fingerprint density at radius 2 is 1.69 bits per heavy atom. The lowest BCUT2D eigenvalue weighted by atomic mass is 9.93. The van der Waals surface area contributed by atoms with E-state index in [2.05, 4.69) is 22.6 Å². The van der Waals surface area contributed by atoms with Crippen molar-refractivity contribution in [3.8, 4) is 0 Å². The van der Waals surface area contributed by atoms with Gasteiger partial charge in [0.25, 0.3) is 11.8 Å². The zero-order chi connectivity index (χ0) is 19.1. The number of carbonyl (C=O) groups excluding carboxylic acids is 2. The maximum absolute atomic E-state index is 12.4. The van der Waals surface area contributed by atoms with Crippen molar-refractivity contribution in [3.63, 3.8) is 0 Å². The Morgan fingerprint density at radius 3 is 2.31 bits per heavy atom. The minimum atomic E-state index is -0.238. The second kappa shape index (κ2) is 9.57. The average Bonchev–Trinajstić information content (AvgIpc) is 2.64. The Morgan fingerprint density at radius 1 is 1.08 bits per heavy atom. The highest BCUT2D eigenvalue weighted by Gasteiger charge is 2.22. The standard InChI is InChI=1S/C20H32N4O2/c1-4-22-19(25)14-11-15(13-24(3)16-9-7-6-8-10-16)18(21)17(12-14)20(26)23-5-2/h11-12,16H,4-10,13,21H2,1-3H3,(H,22,25)(H,23,26). The second-order valence-electron chi connectivity index (χ2n) is 7.02. The summed E-state index contributed by atoms with van der Waals surface area (Å²) in [6.45, 7) is 5.42. The van der Waals surface area contributed by atoms with Gasteiger partial charge in [0.1, 0.15) is 0 Å². The molecule has 6 nitrogen and oxygen atoms in total. The van der Waals surface area contributed by atoms with Gasteiger partial charge in [0.15, 0.2) is 0 Å². The lowest BCUT2D eigenvalue weighted by Gasteiger charge is -2.31. The fourth-order valence-electron chi connectivity index (χ4n) is 3.60. The van der Waals surface area contributed by atoms with Crippen LogP contribution in [-0.4, -0.2) is 42.9 Å². The van der Waals surface area contributed by atoms with Crippen LogP contribution in [0.5, 0.6) is 0 Å². The first-order valence-electron chi connectivity index (χ1n) is 9.66. The van der Waals surface area contributed by atoms with Gasteiger partial charge in [-0.1, -0.05) is 19.3 Å². The number of benzene rings is 1. The molecule has 144 valence electrons. The molecule has 0 bridgehead atoms. The quantitative estimate of drug-likeness (QED) is 0.652. The third-order valence-corrected chi connectivity index (χ3v) is 5.06. The van der Waals surface area contributed by atoms with E-state index in [1.807, 2.05) is 19.9 Å². The van der Waals surface area contributed by atoms with Crippen LogP contribution in [0.15, 0.2) is 12.1 Å². The number of hydrogen-bond acceptors (Lipinski definition) is 4. The molecule has 0 spiro atoms. The summed E-state index contributed by atoms with van der Waals surface area (Å²) in [5, 5.41) is 5.58. The third kappa shape index (κ3) is 4.97. The van der Waals surface area contributed by atoms with Crippen LogP contribution in [0.1, 0.15) is 72.2 Å². The third-order valence-electron chi connectivity index (χ3n) is 5.06. The summed E-state index contributed by atoms with van der Waals surface area (Å²) in [4.78, 5) is 27.0. The largest absolute Gasteiger partial charge is 0.398 e. The number of carbonyl (C=O) groups is 2. The van der Waals surface area contributed by atoms with E-state index in [0.717, 1.165) is 5.56 Å². The molecule has 4 N–H and O–H groups in total. The van der Waals surface area contributed by atoms with Gasteiger partial charge in [-0.25, -0.2) is 0 Å². The second-order valence-corrected chi connectivity index (χ2v) is 7.02. The Balaban J connectivity index is 2.32. The molecule has 1 aromatic rings. The van der Waals surface area contributed by atoms with E-state index in [4.69, 9.17) is 5.73 Å². The molecule has 0 saturated heterocycles. The number of amides is 2. The summed E-state index contributed by atoms with van der Waals surface area (Å²) in [7, 11) is 2.10. The van der Waals surface area contributed by atoms with Crippen molar-refractivity contribution in [2.24, 2.45) is 0 Å². The molecule has 1 aromatic carbocycles. The first-order valence-corrected chi connectivity index (χ1v) is 9.66. The first kappa shape index (κ1) is 20.2. The number of nitrogens with zero attached hydrogens (tertiary/aromatic N) is 1. The summed E-state index contributed by atoms with van der Waals surface area (Å²) < 4.78 is 0. The van der Waals surface area contributed by atoms with Crippen molar-refractivity contribution in [2.75, 3.05) is 25.9 Å². The molecule has 2 amide bonds. The van der Waals surface area contributed by atoms with Gasteiger partial charge in [0.05, 0.1) is 5.56 Å². The first-order chi connectivity index (χ1) is 12.5. The van der Waals surface area contributed by atoms with Gasteiger partial charge in [0, 0.05) is 36.9 Å². The summed E-state index contributed by atoms with van der Waals surface area (Å²) in [6.07, 6.45) is 6.20. The summed E-state index contributed by atoms with van der Waals surface area (Å²) in [6, 6.07) is 3.95. The van der Waals surface area contributed by atoms with Crippen LogP contribution in [0.25, 0.3) is 0 Å². The number of nitrogens with one attached hydrogen (secondary N) is 2. The van der Waals surface area contributed by atoms with E-state index in [1.165, 1.54) is 32.1 Å². The smallest absolute Gasteiger partial charge is 0.253 e. The fraction of sp³-hybridized carbons (Fsp3) is 0.600.